The van der Waals surface area contributed by atoms with E-state index in [0.29, 0.717) is 36.2 Å². The van der Waals surface area contributed by atoms with Gasteiger partial charge in [-0.25, -0.2) is 4.98 Å². The number of likely N-dealkylation sites (tertiary alicyclic amines) is 1. The summed E-state index contributed by atoms with van der Waals surface area (Å²) in [5.41, 5.74) is 7.40. The van der Waals surface area contributed by atoms with Crippen LogP contribution >= 0.6 is 11.3 Å². The number of nitrogens with two attached hydrogens (primary N) is 1. The van der Waals surface area contributed by atoms with E-state index in [1.807, 2.05) is 40.6 Å². The molecule has 134 valence electrons. The van der Waals surface area contributed by atoms with Gasteiger partial charge in [0.15, 0.2) is 5.13 Å². The molecule has 3 heterocycles. The first-order valence-electron chi connectivity index (χ1n) is 8.59. The Bertz CT molecular complexity index is 892. The molecule has 0 unspecified atom stereocenters. The first kappa shape index (κ1) is 16.7. The third-order valence-corrected chi connectivity index (χ3v) is 5.22. The number of rotatable bonds is 5. The molecule has 1 aliphatic rings. The van der Waals surface area contributed by atoms with Crippen molar-refractivity contribution >= 4 is 22.4 Å². The zero-order valence-electron chi connectivity index (χ0n) is 14.2. The van der Waals surface area contributed by atoms with Crippen LogP contribution in [0.1, 0.15) is 36.9 Å². The fourth-order valence-electron chi connectivity index (χ4n) is 3.21. The molecule has 1 saturated heterocycles. The highest BCUT2D eigenvalue weighted by atomic mass is 32.1. The van der Waals surface area contributed by atoms with Gasteiger partial charge in [-0.2, -0.15) is 4.98 Å². The Kier molecular flexibility index (Phi) is 4.66. The summed E-state index contributed by atoms with van der Waals surface area (Å²) >= 11 is 1.39. The van der Waals surface area contributed by atoms with Gasteiger partial charge in [0, 0.05) is 23.9 Å². The van der Waals surface area contributed by atoms with Gasteiger partial charge in [0.05, 0.1) is 5.69 Å². The van der Waals surface area contributed by atoms with Crippen molar-refractivity contribution < 1.29 is 9.32 Å². The minimum absolute atomic E-state index is 0.0820. The Morgan fingerprint density at radius 3 is 2.92 bits per heavy atom. The van der Waals surface area contributed by atoms with Crippen molar-refractivity contribution in [2.45, 2.75) is 31.7 Å². The summed E-state index contributed by atoms with van der Waals surface area (Å²) in [6.07, 6.45) is 2.77. The molecule has 4 rings (SSSR count). The van der Waals surface area contributed by atoms with Gasteiger partial charge in [0.25, 0.3) is 0 Å². The van der Waals surface area contributed by atoms with Gasteiger partial charge < -0.3 is 15.2 Å². The predicted octanol–water partition coefficient (Wildman–Crippen LogP) is 3.07. The van der Waals surface area contributed by atoms with Gasteiger partial charge in [-0.3, -0.25) is 4.79 Å². The Labute approximate surface area is 154 Å². The SMILES string of the molecule is Nc1nc(CCC(=O)N2CCC[C@@H]2c2nc(-c3ccccc3)no2)cs1. The first-order valence-corrected chi connectivity index (χ1v) is 9.47. The maximum atomic E-state index is 12.7. The van der Waals surface area contributed by atoms with Crippen molar-refractivity contribution in [3.8, 4) is 11.4 Å². The number of amides is 1. The quantitative estimate of drug-likeness (QED) is 0.742. The molecule has 0 saturated carbocycles. The first-order chi connectivity index (χ1) is 12.7. The van der Waals surface area contributed by atoms with Crippen LogP contribution in [-0.2, 0) is 11.2 Å². The molecular weight excluding hydrogens is 350 g/mol. The van der Waals surface area contributed by atoms with E-state index in [1.54, 1.807) is 0 Å². The summed E-state index contributed by atoms with van der Waals surface area (Å²) in [7, 11) is 0. The molecule has 0 bridgehead atoms. The van der Waals surface area contributed by atoms with E-state index in [-0.39, 0.29) is 11.9 Å². The van der Waals surface area contributed by atoms with E-state index in [0.717, 1.165) is 24.1 Å². The molecule has 2 N–H and O–H groups in total. The van der Waals surface area contributed by atoms with Crippen LogP contribution in [-0.4, -0.2) is 32.5 Å². The Balaban J connectivity index is 1.44. The fourth-order valence-corrected chi connectivity index (χ4v) is 3.81. The Hall–Kier alpha value is -2.74. The number of hydrogen-bond acceptors (Lipinski definition) is 7. The highest BCUT2D eigenvalue weighted by Crippen LogP contribution is 2.32. The number of benzene rings is 1. The second-order valence-corrected chi connectivity index (χ2v) is 7.13. The molecule has 1 aromatic carbocycles. The van der Waals surface area contributed by atoms with Crippen LogP contribution < -0.4 is 5.73 Å². The number of nitrogen functional groups attached to an aromatic ring is 1. The van der Waals surface area contributed by atoms with Gasteiger partial charge in [-0.15, -0.1) is 11.3 Å². The molecule has 26 heavy (non-hydrogen) atoms. The number of nitrogens with zero attached hydrogens (tertiary/aromatic N) is 4. The van der Waals surface area contributed by atoms with E-state index in [4.69, 9.17) is 10.3 Å². The van der Waals surface area contributed by atoms with Gasteiger partial charge in [0.1, 0.15) is 6.04 Å². The number of carbonyl (C=O) groups excluding carboxylic acids is 1. The predicted molar refractivity (Wildman–Crippen MR) is 98.3 cm³/mol. The zero-order chi connectivity index (χ0) is 17.9. The molecule has 8 heteroatoms. The second-order valence-electron chi connectivity index (χ2n) is 6.24. The molecule has 0 spiro atoms. The minimum Gasteiger partial charge on any atom is -0.375 e. The van der Waals surface area contributed by atoms with E-state index in [2.05, 4.69) is 15.1 Å². The van der Waals surface area contributed by atoms with E-state index in [9.17, 15) is 4.79 Å². The lowest BCUT2D eigenvalue weighted by Gasteiger charge is -2.21. The summed E-state index contributed by atoms with van der Waals surface area (Å²) in [4.78, 5) is 23.2. The maximum absolute atomic E-state index is 12.7. The second kappa shape index (κ2) is 7.25. The van der Waals surface area contributed by atoms with Crippen LogP contribution in [0.3, 0.4) is 0 Å². The molecule has 0 radical (unpaired) electrons. The van der Waals surface area contributed by atoms with Gasteiger partial charge >= 0.3 is 0 Å². The monoisotopic (exact) mass is 369 g/mol. The Morgan fingerprint density at radius 1 is 1.31 bits per heavy atom. The lowest BCUT2D eigenvalue weighted by Crippen LogP contribution is -2.30. The average molecular weight is 369 g/mol. The summed E-state index contributed by atoms with van der Waals surface area (Å²) in [5, 5.41) is 6.50. The van der Waals surface area contributed by atoms with E-state index < -0.39 is 0 Å². The van der Waals surface area contributed by atoms with Crippen molar-refractivity contribution in [3.63, 3.8) is 0 Å². The molecule has 1 aliphatic heterocycles. The lowest BCUT2D eigenvalue weighted by atomic mass is 10.2. The average Bonchev–Trinajstić information content (AvgIpc) is 3.40. The summed E-state index contributed by atoms with van der Waals surface area (Å²) in [6, 6.07) is 9.53. The maximum Gasteiger partial charge on any atom is 0.249 e. The van der Waals surface area contributed by atoms with Crippen LogP contribution in [0.25, 0.3) is 11.4 Å². The smallest absolute Gasteiger partial charge is 0.249 e. The van der Waals surface area contributed by atoms with Crippen LogP contribution in [0.2, 0.25) is 0 Å². The van der Waals surface area contributed by atoms with Crippen LogP contribution in [0.15, 0.2) is 40.2 Å². The number of aromatic nitrogens is 3. The normalized spacial score (nSPS) is 16.9. The molecule has 1 amide bonds. The van der Waals surface area contributed by atoms with Gasteiger partial charge in [-0.05, 0) is 19.3 Å². The molecule has 1 fully saturated rings. The van der Waals surface area contributed by atoms with Crippen LogP contribution in [0, 0.1) is 0 Å². The highest BCUT2D eigenvalue weighted by molar-refractivity contribution is 7.13. The molecule has 7 nitrogen and oxygen atoms in total. The number of anilines is 1. The molecule has 0 aliphatic carbocycles. The summed E-state index contributed by atoms with van der Waals surface area (Å²) < 4.78 is 5.47. The van der Waals surface area contributed by atoms with Crippen molar-refractivity contribution in [2.24, 2.45) is 0 Å². The molecular formula is C18H19N5O2S. The lowest BCUT2D eigenvalue weighted by molar-refractivity contribution is -0.132. The van der Waals surface area contributed by atoms with Crippen molar-refractivity contribution in [2.75, 3.05) is 12.3 Å². The van der Waals surface area contributed by atoms with Crippen molar-refractivity contribution in [1.29, 1.82) is 0 Å². The number of thiazole rings is 1. The highest BCUT2D eigenvalue weighted by Gasteiger charge is 2.33. The van der Waals surface area contributed by atoms with E-state index in [1.165, 1.54) is 11.3 Å². The number of carbonyl (C=O) groups is 1. The van der Waals surface area contributed by atoms with Crippen molar-refractivity contribution in [3.05, 3.63) is 47.3 Å². The number of hydrogen-bond donors (Lipinski definition) is 1. The standard InChI is InChI=1S/C18H19N5O2S/c19-18-20-13(11-26-18)8-9-15(24)23-10-4-7-14(23)17-21-16(22-25-17)12-5-2-1-3-6-12/h1-3,5-6,11,14H,4,7-10H2,(H2,19,20)/t14-/m1/s1. The third-order valence-electron chi connectivity index (χ3n) is 4.50. The Morgan fingerprint density at radius 2 is 2.15 bits per heavy atom. The van der Waals surface area contributed by atoms with Gasteiger partial charge in [0.2, 0.25) is 17.6 Å². The van der Waals surface area contributed by atoms with Crippen LogP contribution in [0.4, 0.5) is 5.13 Å². The topological polar surface area (TPSA) is 98.1 Å². The number of aryl methyl sites for hydroxylation is 1. The fraction of sp³-hybridized carbons (Fsp3) is 0.333. The van der Waals surface area contributed by atoms with Gasteiger partial charge in [-0.1, -0.05) is 35.5 Å². The summed E-state index contributed by atoms with van der Waals surface area (Å²) in [6.45, 7) is 0.714. The van der Waals surface area contributed by atoms with Crippen molar-refractivity contribution in [1.82, 2.24) is 20.0 Å². The summed E-state index contributed by atoms with van der Waals surface area (Å²) in [5.74, 6) is 1.14. The molecule has 2 aromatic heterocycles. The largest absolute Gasteiger partial charge is 0.375 e. The third kappa shape index (κ3) is 3.45. The molecule has 3 aromatic rings. The minimum atomic E-state index is -0.145. The van der Waals surface area contributed by atoms with E-state index >= 15 is 0 Å². The zero-order valence-corrected chi connectivity index (χ0v) is 15.0. The molecule has 1 atom stereocenters. The van der Waals surface area contributed by atoms with Crippen LogP contribution in [0.5, 0.6) is 0 Å².